The van der Waals surface area contributed by atoms with E-state index in [9.17, 15) is 0 Å². The number of rotatable bonds is 2. The molecule has 0 saturated heterocycles. The predicted molar refractivity (Wildman–Crippen MR) is 94.5 cm³/mol. The van der Waals surface area contributed by atoms with Crippen LogP contribution >= 0.6 is 0 Å². The van der Waals surface area contributed by atoms with Crippen molar-refractivity contribution in [3.8, 4) is 11.1 Å². The molecule has 1 atom stereocenters. The van der Waals surface area contributed by atoms with Crippen molar-refractivity contribution in [1.29, 1.82) is 0 Å². The molecule has 25 heavy (non-hydrogen) atoms. The van der Waals surface area contributed by atoms with E-state index < -0.39 is 0 Å². The molecular weight excluding hydrogens is 428 g/mol. The molecule has 0 aromatic heterocycles. The van der Waals surface area contributed by atoms with E-state index >= 15 is 0 Å². The van der Waals surface area contributed by atoms with Gasteiger partial charge in [-0.15, -0.1) is 0 Å². The van der Waals surface area contributed by atoms with Gasteiger partial charge < -0.3 is 31.0 Å². The van der Waals surface area contributed by atoms with E-state index in [1.165, 1.54) is 27.8 Å². The van der Waals surface area contributed by atoms with Crippen molar-refractivity contribution in [3.05, 3.63) is 108 Å². The van der Waals surface area contributed by atoms with Crippen LogP contribution in [0.3, 0.4) is 0 Å². The third-order valence-corrected chi connectivity index (χ3v) is 4.18. The average molecular weight is 447 g/mol. The summed E-state index contributed by atoms with van der Waals surface area (Å²) in [5.74, 6) is 0.359. The Morgan fingerprint density at radius 1 is 0.600 bits per heavy atom. The number of benzene rings is 3. The largest absolute Gasteiger partial charge is 3.00 e. The maximum Gasteiger partial charge on any atom is 3.00 e. The first-order valence-electron chi connectivity index (χ1n) is 7.35. The van der Waals surface area contributed by atoms with Crippen LogP contribution in [0.1, 0.15) is 22.6 Å². The van der Waals surface area contributed by atoms with Crippen LogP contribution in [0.2, 0.25) is 0 Å². The topological polar surface area (TPSA) is 33.5 Å². The van der Waals surface area contributed by atoms with Gasteiger partial charge in [0.2, 0.25) is 0 Å². The van der Waals surface area contributed by atoms with Gasteiger partial charge in [-0.2, -0.15) is 0 Å². The van der Waals surface area contributed by atoms with Gasteiger partial charge in [-0.3, -0.25) is 0 Å². The van der Waals surface area contributed by atoms with E-state index in [-0.39, 0.29) is 57.2 Å². The van der Waals surface area contributed by atoms with Gasteiger partial charge in [0.05, 0.1) is 0 Å². The van der Waals surface area contributed by atoms with Crippen molar-refractivity contribution in [2.24, 2.45) is 0 Å². The minimum absolute atomic E-state index is 0. The fourth-order valence-electron chi connectivity index (χ4n) is 3.17. The molecule has 4 heteroatoms. The minimum Gasteiger partial charge on any atom is -1.00 e. The molecule has 1 aliphatic carbocycles. The molecule has 4 rings (SSSR count). The SMILES string of the molecule is C1=CC(c2ccccc2-c2ccccc2)c2ccccc21.[Cl-].[Cl-].[NH2-].[Zr+3]. The molecule has 3 aromatic rings. The van der Waals surface area contributed by atoms with Gasteiger partial charge in [-0.05, 0) is 27.8 Å². The first-order chi connectivity index (χ1) is 10.4. The third-order valence-electron chi connectivity index (χ3n) is 4.18. The standard InChI is InChI=1S/C21H16.2ClH.H2N.Zr/c1-2-8-16(9-3-1)18-12-6-7-13-20(18)21-15-14-17-10-4-5-11-19(17)21;;;;/h1-15,21H;2*1H;1H2;/q;;;-1;+3/p-2. The zero-order chi connectivity index (χ0) is 14.1. The Bertz CT molecular complexity index is 819. The number of allylic oxidation sites excluding steroid dienone is 1. The Labute approximate surface area is 181 Å². The second-order valence-electron chi connectivity index (χ2n) is 5.42. The van der Waals surface area contributed by atoms with Crippen molar-refractivity contribution in [1.82, 2.24) is 0 Å². The quantitative estimate of drug-likeness (QED) is 0.541. The summed E-state index contributed by atoms with van der Waals surface area (Å²) >= 11 is 0. The number of fused-ring (bicyclic) bond motifs is 1. The van der Waals surface area contributed by atoms with Crippen LogP contribution in [0.15, 0.2) is 84.9 Å². The molecule has 3 aromatic carbocycles. The molecule has 1 radical (unpaired) electrons. The zero-order valence-corrected chi connectivity index (χ0v) is 17.5. The number of halogens is 2. The molecule has 1 aliphatic rings. The monoisotopic (exact) mass is 444 g/mol. The molecule has 2 N–H and O–H groups in total. The Morgan fingerprint density at radius 3 is 1.88 bits per heavy atom. The van der Waals surface area contributed by atoms with Gasteiger partial charge >= 0.3 is 26.2 Å². The van der Waals surface area contributed by atoms with Crippen molar-refractivity contribution >= 4 is 6.08 Å². The zero-order valence-electron chi connectivity index (χ0n) is 13.6. The maximum atomic E-state index is 2.31. The van der Waals surface area contributed by atoms with Gasteiger partial charge in [0.25, 0.3) is 0 Å². The molecule has 1 nitrogen and oxygen atoms in total. The van der Waals surface area contributed by atoms with Crippen LogP contribution in [-0.4, -0.2) is 0 Å². The summed E-state index contributed by atoms with van der Waals surface area (Å²) < 4.78 is 0. The van der Waals surface area contributed by atoms with Gasteiger partial charge in [0, 0.05) is 5.92 Å². The molecular formula is C21H18Cl2NZr. The van der Waals surface area contributed by atoms with Crippen molar-refractivity contribution in [3.63, 3.8) is 0 Å². The fraction of sp³-hybridized carbons (Fsp3) is 0.0476. The summed E-state index contributed by atoms with van der Waals surface area (Å²) in [6.45, 7) is 0. The second-order valence-corrected chi connectivity index (χ2v) is 5.42. The molecule has 0 fully saturated rings. The summed E-state index contributed by atoms with van der Waals surface area (Å²) in [4.78, 5) is 0. The minimum atomic E-state index is 0. The van der Waals surface area contributed by atoms with Crippen molar-refractivity contribution in [2.45, 2.75) is 5.92 Å². The molecule has 0 heterocycles. The first-order valence-corrected chi connectivity index (χ1v) is 7.35. The van der Waals surface area contributed by atoms with E-state index in [1.807, 2.05) is 0 Å². The van der Waals surface area contributed by atoms with Gasteiger partial charge in [-0.1, -0.05) is 91.0 Å². The smallest absolute Gasteiger partial charge is 1.00 e. The third kappa shape index (κ3) is 4.71. The second kappa shape index (κ2) is 10.7. The van der Waals surface area contributed by atoms with E-state index in [2.05, 4.69) is 91.0 Å². The van der Waals surface area contributed by atoms with Gasteiger partial charge in [-0.25, -0.2) is 0 Å². The molecule has 0 bridgehead atoms. The Hall–Kier alpha value is -1.18. The summed E-state index contributed by atoms with van der Waals surface area (Å²) in [6, 6.07) is 28.0. The average Bonchev–Trinajstić information content (AvgIpc) is 3.00. The van der Waals surface area contributed by atoms with Crippen LogP contribution in [0.25, 0.3) is 23.4 Å². The maximum absolute atomic E-state index is 2.31. The van der Waals surface area contributed by atoms with E-state index in [0.717, 1.165) is 0 Å². The fourth-order valence-corrected chi connectivity index (χ4v) is 3.17. The van der Waals surface area contributed by atoms with Crippen molar-refractivity contribution in [2.75, 3.05) is 0 Å². The van der Waals surface area contributed by atoms with Crippen LogP contribution in [0.4, 0.5) is 0 Å². The summed E-state index contributed by atoms with van der Waals surface area (Å²) in [7, 11) is 0. The first kappa shape index (κ1) is 23.8. The molecule has 0 spiro atoms. The number of hydrogen-bond acceptors (Lipinski definition) is 0. The van der Waals surface area contributed by atoms with Crippen LogP contribution in [-0.2, 0) is 26.2 Å². The summed E-state index contributed by atoms with van der Waals surface area (Å²) in [6.07, 6.45) is 4.55. The molecule has 1 unspecified atom stereocenters. The summed E-state index contributed by atoms with van der Waals surface area (Å²) in [5, 5.41) is 0. The van der Waals surface area contributed by atoms with E-state index in [1.54, 1.807) is 0 Å². The van der Waals surface area contributed by atoms with Gasteiger partial charge in [0.15, 0.2) is 0 Å². The normalized spacial score (nSPS) is 13.4. The molecule has 0 saturated carbocycles. The van der Waals surface area contributed by atoms with Crippen LogP contribution in [0, 0.1) is 0 Å². The molecule has 125 valence electrons. The Balaban J connectivity index is 0.00000144. The van der Waals surface area contributed by atoms with E-state index in [4.69, 9.17) is 0 Å². The van der Waals surface area contributed by atoms with Crippen LogP contribution in [0.5, 0.6) is 0 Å². The summed E-state index contributed by atoms with van der Waals surface area (Å²) in [5.41, 5.74) is 6.73. The van der Waals surface area contributed by atoms with Gasteiger partial charge in [0.1, 0.15) is 0 Å². The van der Waals surface area contributed by atoms with Crippen molar-refractivity contribution < 1.29 is 51.0 Å². The Kier molecular flexibility index (Phi) is 10.2. The van der Waals surface area contributed by atoms with E-state index in [0.29, 0.717) is 5.92 Å². The number of nitrogens with two attached hydrogens (primary N) is 1. The van der Waals surface area contributed by atoms with Crippen LogP contribution < -0.4 is 24.8 Å². The molecule has 0 aliphatic heterocycles. The number of hydrogen-bond donors (Lipinski definition) is 0. The predicted octanol–water partition coefficient (Wildman–Crippen LogP) is 0.235. The molecule has 0 amide bonds. The Morgan fingerprint density at radius 2 is 1.16 bits per heavy atom.